The minimum atomic E-state index is -1.05. The van der Waals surface area contributed by atoms with Gasteiger partial charge < -0.3 is 19.5 Å². The highest BCUT2D eigenvalue weighted by atomic mass is 16.6. The van der Waals surface area contributed by atoms with Gasteiger partial charge in [0.25, 0.3) is 0 Å². The molecule has 1 amide bonds. The molecule has 8 heteroatoms. The normalized spacial score (nSPS) is 26.7. The van der Waals surface area contributed by atoms with Crippen molar-refractivity contribution in [1.82, 2.24) is 5.32 Å². The molecule has 0 saturated heterocycles. The van der Waals surface area contributed by atoms with Crippen LogP contribution in [-0.2, 0) is 33.4 Å². The van der Waals surface area contributed by atoms with Gasteiger partial charge >= 0.3 is 17.9 Å². The zero-order chi connectivity index (χ0) is 16.9. The average Bonchev–Trinajstić information content (AvgIpc) is 2.34. The van der Waals surface area contributed by atoms with Gasteiger partial charge in [-0.1, -0.05) is 6.08 Å². The molecule has 1 rings (SSSR count). The van der Waals surface area contributed by atoms with Crippen molar-refractivity contribution >= 4 is 23.8 Å². The Labute approximate surface area is 127 Å². The van der Waals surface area contributed by atoms with Crippen LogP contribution in [-0.4, -0.2) is 48.2 Å². The van der Waals surface area contributed by atoms with Crippen LogP contribution >= 0.6 is 0 Å². The zero-order valence-electron chi connectivity index (χ0n) is 12.8. The number of hydrogen-bond acceptors (Lipinski definition) is 7. The Morgan fingerprint density at radius 3 is 1.73 bits per heavy atom. The number of nitrogens with one attached hydrogen (secondary N) is 1. The molecular weight excluding hydrogens is 294 g/mol. The average molecular weight is 313 g/mol. The lowest BCUT2D eigenvalue weighted by Gasteiger charge is -2.37. The van der Waals surface area contributed by atoms with Crippen LogP contribution in [0.3, 0.4) is 0 Å². The number of rotatable bonds is 4. The SMILES string of the molecule is CC(=O)N[C@@H]1C=C[C@H](OC(C)=O)[C@@H](OC(C)=O)[C@H]1OC(C)=O. The summed E-state index contributed by atoms with van der Waals surface area (Å²) in [4.78, 5) is 45.0. The van der Waals surface area contributed by atoms with Crippen LogP contribution in [0.5, 0.6) is 0 Å². The van der Waals surface area contributed by atoms with E-state index in [9.17, 15) is 19.2 Å². The Hall–Kier alpha value is -2.38. The molecule has 0 aromatic carbocycles. The van der Waals surface area contributed by atoms with Gasteiger partial charge in [0, 0.05) is 27.7 Å². The van der Waals surface area contributed by atoms with Gasteiger partial charge in [0.15, 0.2) is 18.3 Å². The van der Waals surface area contributed by atoms with Crippen LogP contribution in [0.15, 0.2) is 12.2 Å². The van der Waals surface area contributed by atoms with Gasteiger partial charge in [-0.05, 0) is 6.08 Å². The predicted octanol–water partition coefficient (Wildman–Crippen LogP) is -0.144. The topological polar surface area (TPSA) is 108 Å². The standard InChI is InChI=1S/C14H19NO7/c1-7(16)15-11-5-6-12(20-8(2)17)14(22-10(4)19)13(11)21-9(3)18/h5-6,11-14H,1-4H3,(H,15,16)/t11-,12+,13+,14-/m1/s1. The summed E-state index contributed by atoms with van der Waals surface area (Å²) in [6.45, 7) is 4.88. The fraction of sp³-hybridized carbons (Fsp3) is 0.571. The van der Waals surface area contributed by atoms with Crippen LogP contribution in [0.4, 0.5) is 0 Å². The second kappa shape index (κ2) is 7.58. The third-order valence-corrected chi connectivity index (χ3v) is 2.79. The molecule has 22 heavy (non-hydrogen) atoms. The largest absolute Gasteiger partial charge is 0.456 e. The molecule has 4 atom stereocenters. The molecular formula is C14H19NO7. The van der Waals surface area contributed by atoms with Gasteiger partial charge in [-0.2, -0.15) is 0 Å². The van der Waals surface area contributed by atoms with E-state index in [-0.39, 0.29) is 5.91 Å². The van der Waals surface area contributed by atoms with Crippen molar-refractivity contribution in [2.75, 3.05) is 0 Å². The summed E-state index contributed by atoms with van der Waals surface area (Å²) in [7, 11) is 0. The molecule has 0 bridgehead atoms. The molecule has 1 N–H and O–H groups in total. The first-order valence-corrected chi connectivity index (χ1v) is 6.67. The van der Waals surface area contributed by atoms with Crippen LogP contribution in [0.2, 0.25) is 0 Å². The van der Waals surface area contributed by atoms with E-state index in [4.69, 9.17) is 14.2 Å². The van der Waals surface area contributed by atoms with Crippen LogP contribution in [0.25, 0.3) is 0 Å². The van der Waals surface area contributed by atoms with E-state index in [0.29, 0.717) is 0 Å². The third-order valence-electron chi connectivity index (χ3n) is 2.79. The third kappa shape index (κ3) is 5.19. The molecule has 0 aromatic heterocycles. The van der Waals surface area contributed by atoms with Crippen LogP contribution in [0, 0.1) is 0 Å². The molecule has 0 aromatic rings. The van der Waals surface area contributed by atoms with Crippen LogP contribution < -0.4 is 5.32 Å². The second-order valence-corrected chi connectivity index (χ2v) is 4.83. The van der Waals surface area contributed by atoms with Gasteiger partial charge in [-0.3, -0.25) is 19.2 Å². The molecule has 0 fully saturated rings. The summed E-state index contributed by atoms with van der Waals surface area (Å²) in [5.74, 6) is -2.17. The summed E-state index contributed by atoms with van der Waals surface area (Å²) < 4.78 is 15.4. The minimum Gasteiger partial charge on any atom is -0.456 e. The molecule has 0 heterocycles. The summed E-state index contributed by atoms with van der Waals surface area (Å²) in [6.07, 6.45) is 0.0562. The van der Waals surface area contributed by atoms with Gasteiger partial charge in [-0.25, -0.2) is 0 Å². The maximum absolute atomic E-state index is 11.3. The summed E-state index contributed by atoms with van der Waals surface area (Å²) in [5, 5.41) is 2.58. The highest BCUT2D eigenvalue weighted by Gasteiger charge is 2.43. The van der Waals surface area contributed by atoms with E-state index >= 15 is 0 Å². The van der Waals surface area contributed by atoms with Crippen molar-refractivity contribution in [1.29, 1.82) is 0 Å². The van der Waals surface area contributed by atoms with Gasteiger partial charge in [0.05, 0.1) is 6.04 Å². The van der Waals surface area contributed by atoms with E-state index in [2.05, 4.69) is 5.32 Å². The van der Waals surface area contributed by atoms with Crippen molar-refractivity contribution in [3.05, 3.63) is 12.2 Å². The van der Waals surface area contributed by atoms with E-state index in [0.717, 1.165) is 0 Å². The highest BCUT2D eigenvalue weighted by molar-refractivity contribution is 5.74. The molecule has 0 saturated carbocycles. The van der Waals surface area contributed by atoms with Crippen molar-refractivity contribution in [2.24, 2.45) is 0 Å². The Balaban J connectivity index is 3.11. The number of ether oxygens (including phenoxy) is 3. The summed E-state index contributed by atoms with van der Waals surface area (Å²) in [5.41, 5.74) is 0. The first-order valence-electron chi connectivity index (χ1n) is 6.67. The highest BCUT2D eigenvalue weighted by Crippen LogP contribution is 2.23. The molecule has 1 aliphatic rings. The second-order valence-electron chi connectivity index (χ2n) is 4.83. The molecule has 8 nitrogen and oxygen atoms in total. The van der Waals surface area contributed by atoms with Crippen molar-refractivity contribution in [3.8, 4) is 0 Å². The van der Waals surface area contributed by atoms with Gasteiger partial charge in [0.1, 0.15) is 0 Å². The number of hydrogen-bond donors (Lipinski definition) is 1. The fourth-order valence-corrected chi connectivity index (χ4v) is 2.16. The smallest absolute Gasteiger partial charge is 0.303 e. The van der Waals surface area contributed by atoms with Gasteiger partial charge in [-0.15, -0.1) is 0 Å². The van der Waals surface area contributed by atoms with Crippen LogP contribution in [0.1, 0.15) is 27.7 Å². The lowest BCUT2D eigenvalue weighted by atomic mass is 9.93. The number of esters is 3. The number of carbonyl (C=O) groups is 4. The molecule has 0 aliphatic heterocycles. The van der Waals surface area contributed by atoms with Gasteiger partial charge in [0.2, 0.25) is 5.91 Å². The quantitative estimate of drug-likeness (QED) is 0.437. The van der Waals surface area contributed by atoms with Crippen molar-refractivity contribution in [3.63, 3.8) is 0 Å². The Morgan fingerprint density at radius 1 is 0.773 bits per heavy atom. The van der Waals surface area contributed by atoms with E-state index < -0.39 is 42.3 Å². The molecule has 122 valence electrons. The maximum Gasteiger partial charge on any atom is 0.303 e. The number of amides is 1. The maximum atomic E-state index is 11.3. The zero-order valence-corrected chi connectivity index (χ0v) is 12.8. The van der Waals surface area contributed by atoms with Crippen molar-refractivity contribution in [2.45, 2.75) is 52.0 Å². The van der Waals surface area contributed by atoms with E-state index in [1.54, 1.807) is 0 Å². The fourth-order valence-electron chi connectivity index (χ4n) is 2.16. The molecule has 0 unspecified atom stereocenters. The molecule has 1 aliphatic carbocycles. The lowest BCUT2D eigenvalue weighted by Crippen LogP contribution is -2.56. The minimum absolute atomic E-state index is 0.348. The Bertz CT molecular complexity index is 455. The lowest BCUT2D eigenvalue weighted by molar-refractivity contribution is -0.182. The monoisotopic (exact) mass is 313 g/mol. The molecule has 0 spiro atoms. The molecule has 0 radical (unpaired) electrons. The number of carbonyl (C=O) groups excluding carboxylic acids is 4. The van der Waals surface area contributed by atoms with E-state index in [1.807, 2.05) is 0 Å². The Kier molecular flexibility index (Phi) is 6.09. The Morgan fingerprint density at radius 2 is 1.27 bits per heavy atom. The summed E-state index contributed by atoms with van der Waals surface area (Å²) >= 11 is 0. The first kappa shape index (κ1) is 17.7. The first-order chi connectivity index (χ1) is 10.2. The van der Waals surface area contributed by atoms with Crippen molar-refractivity contribution < 1.29 is 33.4 Å². The summed E-state index contributed by atoms with van der Waals surface area (Å²) in [6, 6.07) is -0.697. The van der Waals surface area contributed by atoms with E-state index in [1.165, 1.54) is 39.8 Å². The predicted molar refractivity (Wildman–Crippen MR) is 73.4 cm³/mol.